The van der Waals surface area contributed by atoms with Crippen molar-refractivity contribution in [2.45, 2.75) is 28.1 Å². The molecule has 3 aliphatic carbocycles. The maximum Gasteiger partial charge on any atom is 0.120 e. The van der Waals surface area contributed by atoms with E-state index in [1.807, 2.05) is 12.1 Å². The van der Waals surface area contributed by atoms with Gasteiger partial charge in [-0.15, -0.1) is 0 Å². The Bertz CT molecular complexity index is 410. The first kappa shape index (κ1) is 10.2. The molecule has 0 atom stereocenters. The molecule has 3 heteroatoms. The van der Waals surface area contributed by atoms with Gasteiger partial charge in [-0.25, -0.2) is 0 Å². The van der Waals surface area contributed by atoms with E-state index in [2.05, 4.69) is 28.7 Å². The molecule has 0 unspecified atom stereocenters. The minimum atomic E-state index is 0.407. The summed E-state index contributed by atoms with van der Waals surface area (Å²) in [4.78, 5) is 0. The smallest absolute Gasteiger partial charge is 0.120 e. The predicted molar refractivity (Wildman–Crippen MR) is 70.3 cm³/mol. The highest BCUT2D eigenvalue weighted by Crippen LogP contribution is 2.73. The van der Waals surface area contributed by atoms with Gasteiger partial charge in [-0.1, -0.05) is 40.3 Å². The van der Waals surface area contributed by atoms with Crippen LogP contribution in [0.4, 0.5) is 0 Å². The molecule has 0 aliphatic heterocycles. The Morgan fingerprint density at radius 3 is 2.47 bits per heavy atom. The van der Waals surface area contributed by atoms with E-state index in [1.54, 1.807) is 7.11 Å². The fraction of sp³-hybridized carbons (Fsp3) is 0.500. The highest BCUT2D eigenvalue weighted by molar-refractivity contribution is 14.1. The number of alkyl halides is 1. The first-order valence-corrected chi connectivity index (χ1v) is 6.56. The zero-order valence-corrected chi connectivity index (χ0v) is 11.4. The summed E-state index contributed by atoms with van der Waals surface area (Å²) in [7, 11) is 1.67. The van der Waals surface area contributed by atoms with Crippen LogP contribution >= 0.6 is 34.2 Å². The van der Waals surface area contributed by atoms with Gasteiger partial charge in [-0.3, -0.25) is 0 Å². The summed E-state index contributed by atoms with van der Waals surface area (Å²) in [5.74, 6) is 0.847. The van der Waals surface area contributed by atoms with E-state index in [-0.39, 0.29) is 0 Å². The van der Waals surface area contributed by atoms with E-state index in [0.29, 0.717) is 8.84 Å². The summed E-state index contributed by atoms with van der Waals surface area (Å²) < 4.78 is 5.76. The van der Waals surface area contributed by atoms with Gasteiger partial charge in [0, 0.05) is 13.9 Å². The molecule has 1 nitrogen and oxygen atoms in total. The van der Waals surface area contributed by atoms with Gasteiger partial charge in [0.15, 0.2) is 0 Å². The van der Waals surface area contributed by atoms with Crippen LogP contribution in [-0.2, 0) is 5.41 Å². The van der Waals surface area contributed by atoms with Crippen LogP contribution in [-0.4, -0.2) is 10.5 Å². The fourth-order valence-corrected chi connectivity index (χ4v) is 5.56. The Morgan fingerprint density at radius 2 is 2.00 bits per heavy atom. The summed E-state index contributed by atoms with van der Waals surface area (Å²) in [5.41, 5.74) is 1.73. The molecule has 2 bridgehead atoms. The minimum Gasteiger partial charge on any atom is -0.497 e. The second-order valence-corrected chi connectivity index (χ2v) is 7.50. The second kappa shape index (κ2) is 3.04. The third-order valence-electron chi connectivity index (χ3n) is 3.71. The molecule has 0 heterocycles. The molecule has 3 fully saturated rings. The zero-order valence-electron chi connectivity index (χ0n) is 8.52. The van der Waals surface area contributed by atoms with Gasteiger partial charge in [0.25, 0.3) is 0 Å². The molecule has 0 N–H and O–H groups in total. The molecule has 0 radical (unpaired) electrons. The summed E-state index contributed by atoms with van der Waals surface area (Å²) in [5, 5.41) is 0.868. The van der Waals surface area contributed by atoms with Gasteiger partial charge in [0.05, 0.1) is 7.11 Å². The van der Waals surface area contributed by atoms with E-state index in [4.69, 9.17) is 16.3 Å². The Balaban J connectivity index is 1.94. The van der Waals surface area contributed by atoms with Crippen molar-refractivity contribution in [2.75, 3.05) is 7.11 Å². The molecule has 15 heavy (non-hydrogen) atoms. The SMILES string of the molecule is COc1ccc(C23CC(I)(C2)C3)c(Cl)c1. The number of ether oxygens (including phenoxy) is 1. The second-order valence-electron chi connectivity index (χ2n) is 4.81. The summed E-state index contributed by atoms with van der Waals surface area (Å²) in [6.07, 6.45) is 3.89. The topological polar surface area (TPSA) is 9.23 Å². The molecule has 0 spiro atoms. The Morgan fingerprint density at radius 1 is 1.33 bits per heavy atom. The third kappa shape index (κ3) is 1.34. The quantitative estimate of drug-likeness (QED) is 0.588. The molecule has 3 saturated carbocycles. The van der Waals surface area contributed by atoms with Gasteiger partial charge >= 0.3 is 0 Å². The lowest BCUT2D eigenvalue weighted by atomic mass is 9.42. The normalized spacial score (nSPS) is 36.7. The van der Waals surface area contributed by atoms with Crippen LogP contribution in [0.25, 0.3) is 0 Å². The molecule has 0 amide bonds. The first-order valence-electron chi connectivity index (χ1n) is 5.10. The van der Waals surface area contributed by atoms with Crippen molar-refractivity contribution in [1.29, 1.82) is 0 Å². The van der Waals surface area contributed by atoms with Crippen LogP contribution in [0.15, 0.2) is 18.2 Å². The van der Waals surface area contributed by atoms with E-state index in [0.717, 1.165) is 10.8 Å². The highest BCUT2D eigenvalue weighted by atomic mass is 127. The molecule has 1 aromatic carbocycles. The Kier molecular flexibility index (Phi) is 2.07. The highest BCUT2D eigenvalue weighted by Gasteiger charge is 2.67. The van der Waals surface area contributed by atoms with E-state index in [1.165, 1.54) is 24.8 Å². The average Bonchev–Trinajstić information content (AvgIpc) is 2.12. The van der Waals surface area contributed by atoms with Gasteiger partial charge in [0.2, 0.25) is 0 Å². The first-order chi connectivity index (χ1) is 7.07. The Labute approximate surface area is 108 Å². The molecule has 3 aliphatic rings. The van der Waals surface area contributed by atoms with Crippen LogP contribution in [0.3, 0.4) is 0 Å². The molecule has 1 aromatic rings. The van der Waals surface area contributed by atoms with Crippen LogP contribution in [0.5, 0.6) is 5.75 Å². The Hall–Kier alpha value is 0.0400. The van der Waals surface area contributed by atoms with Crippen molar-refractivity contribution in [3.05, 3.63) is 28.8 Å². The largest absolute Gasteiger partial charge is 0.497 e. The molecule has 80 valence electrons. The summed E-state index contributed by atoms with van der Waals surface area (Å²) in [6.45, 7) is 0. The van der Waals surface area contributed by atoms with Crippen molar-refractivity contribution in [3.8, 4) is 5.75 Å². The van der Waals surface area contributed by atoms with E-state index >= 15 is 0 Å². The van der Waals surface area contributed by atoms with Crippen LogP contribution in [0, 0.1) is 0 Å². The van der Waals surface area contributed by atoms with Crippen molar-refractivity contribution < 1.29 is 4.74 Å². The van der Waals surface area contributed by atoms with Gasteiger partial charge < -0.3 is 4.74 Å². The summed E-state index contributed by atoms with van der Waals surface area (Å²) in [6, 6.07) is 6.08. The standard InChI is InChI=1S/C12H12ClIO/c1-15-8-2-3-9(10(13)4-8)11-5-12(14,6-11)7-11/h2-4H,5-7H2,1H3. The van der Waals surface area contributed by atoms with Crippen molar-refractivity contribution >= 4 is 34.2 Å². The van der Waals surface area contributed by atoms with Crippen LogP contribution in [0.1, 0.15) is 24.8 Å². The number of hydrogen-bond donors (Lipinski definition) is 0. The number of halogens is 2. The summed E-state index contributed by atoms with van der Waals surface area (Å²) >= 11 is 8.88. The maximum absolute atomic E-state index is 6.29. The maximum atomic E-state index is 6.29. The van der Waals surface area contributed by atoms with Crippen LogP contribution < -0.4 is 4.74 Å². The molecule has 4 rings (SSSR count). The fourth-order valence-electron chi connectivity index (χ4n) is 3.00. The number of hydrogen-bond acceptors (Lipinski definition) is 1. The van der Waals surface area contributed by atoms with Crippen molar-refractivity contribution in [3.63, 3.8) is 0 Å². The van der Waals surface area contributed by atoms with Crippen LogP contribution in [0.2, 0.25) is 5.02 Å². The third-order valence-corrected chi connectivity index (χ3v) is 5.17. The number of rotatable bonds is 2. The van der Waals surface area contributed by atoms with Crippen molar-refractivity contribution in [1.82, 2.24) is 0 Å². The van der Waals surface area contributed by atoms with Gasteiger partial charge in [0.1, 0.15) is 5.75 Å². The molecular formula is C12H12ClIO. The monoisotopic (exact) mass is 334 g/mol. The lowest BCUT2D eigenvalue weighted by molar-refractivity contribution is 0.0221. The minimum absolute atomic E-state index is 0.407. The zero-order chi connectivity index (χ0) is 10.7. The molecule has 0 saturated heterocycles. The molecule has 0 aromatic heterocycles. The average molecular weight is 335 g/mol. The van der Waals surface area contributed by atoms with Gasteiger partial charge in [-0.05, 0) is 37.0 Å². The van der Waals surface area contributed by atoms with Gasteiger partial charge in [-0.2, -0.15) is 0 Å². The molecular weight excluding hydrogens is 322 g/mol. The van der Waals surface area contributed by atoms with E-state index in [9.17, 15) is 0 Å². The lowest BCUT2D eigenvalue weighted by Gasteiger charge is -2.68. The lowest BCUT2D eigenvalue weighted by Crippen LogP contribution is -2.66. The number of benzene rings is 1. The predicted octanol–water partition coefficient (Wildman–Crippen LogP) is 3.96. The number of methoxy groups -OCH3 is 1. The van der Waals surface area contributed by atoms with E-state index < -0.39 is 0 Å². The van der Waals surface area contributed by atoms with Crippen molar-refractivity contribution in [2.24, 2.45) is 0 Å².